The maximum absolute atomic E-state index is 11.6. The maximum atomic E-state index is 11.6. The van der Waals surface area contributed by atoms with Crippen molar-refractivity contribution in [1.29, 1.82) is 0 Å². The van der Waals surface area contributed by atoms with E-state index in [0.717, 1.165) is 11.7 Å². The Labute approximate surface area is 150 Å². The fourth-order valence-electron chi connectivity index (χ4n) is 1.35. The van der Waals surface area contributed by atoms with Gasteiger partial charge in [0.2, 0.25) is 0 Å². The number of nitrogens with two attached hydrogens (primary N) is 1. The van der Waals surface area contributed by atoms with Crippen LogP contribution in [0.3, 0.4) is 0 Å². The number of phosphoric ester groups is 1. The Morgan fingerprint density at radius 2 is 1.81 bits per heavy atom. The summed E-state index contributed by atoms with van der Waals surface area (Å²) in [5.74, 6) is -0.0211. The number of methoxy groups -OCH3 is 1. The third-order valence-electron chi connectivity index (χ3n) is 2.35. The Morgan fingerprint density at radius 1 is 1.19 bits per heavy atom. The molecule has 0 aliphatic rings. The first-order valence-corrected chi connectivity index (χ1v) is 11.0. The predicted molar refractivity (Wildman–Crippen MR) is 84.6 cm³/mol. The van der Waals surface area contributed by atoms with Gasteiger partial charge in [-0.25, -0.2) is 18.5 Å². The molecule has 0 bridgehead atoms. The molecular formula is C8H16N3O13P3. The molecule has 0 aromatic carbocycles. The molecule has 0 radical (unpaired) electrons. The van der Waals surface area contributed by atoms with Crippen LogP contribution in [0, 0.1) is 0 Å². The van der Waals surface area contributed by atoms with Gasteiger partial charge in [-0.05, 0) is 6.07 Å². The van der Waals surface area contributed by atoms with E-state index in [9.17, 15) is 23.4 Å². The Balaban J connectivity index is 2.62. The molecular weight excluding hydrogens is 439 g/mol. The summed E-state index contributed by atoms with van der Waals surface area (Å²) in [4.78, 5) is 50.1. The summed E-state index contributed by atoms with van der Waals surface area (Å²) >= 11 is 0. The van der Waals surface area contributed by atoms with Gasteiger partial charge in [-0.15, -0.1) is 0 Å². The summed E-state index contributed by atoms with van der Waals surface area (Å²) < 4.78 is 55.4. The average Bonchev–Trinajstić information content (AvgIpc) is 2.45. The summed E-state index contributed by atoms with van der Waals surface area (Å²) in [6.45, 7) is -1.28. The number of phosphoric acid groups is 3. The molecule has 0 amide bonds. The summed E-state index contributed by atoms with van der Waals surface area (Å²) in [6.07, 6.45) is -0.112. The molecule has 1 rings (SSSR count). The zero-order valence-electron chi connectivity index (χ0n) is 13.4. The van der Waals surface area contributed by atoms with E-state index in [1.807, 2.05) is 0 Å². The van der Waals surface area contributed by atoms with Crippen LogP contribution in [-0.4, -0.2) is 49.1 Å². The van der Waals surface area contributed by atoms with Crippen molar-refractivity contribution >= 4 is 29.3 Å². The second-order valence-corrected chi connectivity index (χ2v) is 8.87. The lowest BCUT2D eigenvalue weighted by molar-refractivity contribution is -0.164. The van der Waals surface area contributed by atoms with Crippen LogP contribution in [0.5, 0.6) is 0 Å². The number of ether oxygens (including phenoxy) is 2. The second kappa shape index (κ2) is 9.47. The number of nitrogens with zero attached hydrogens (tertiary/aromatic N) is 2. The van der Waals surface area contributed by atoms with Gasteiger partial charge in [0.05, 0.1) is 0 Å². The highest BCUT2D eigenvalue weighted by Gasteiger charge is 2.41. The monoisotopic (exact) mass is 455 g/mol. The average molecular weight is 455 g/mol. The van der Waals surface area contributed by atoms with E-state index in [1.165, 1.54) is 12.3 Å². The summed E-state index contributed by atoms with van der Waals surface area (Å²) in [5.41, 5.74) is 4.56. The van der Waals surface area contributed by atoms with Crippen molar-refractivity contribution in [2.75, 3.05) is 19.5 Å². The molecule has 19 heteroatoms. The molecule has 3 atom stereocenters. The molecule has 16 nitrogen and oxygen atoms in total. The highest BCUT2D eigenvalue weighted by molar-refractivity contribution is 7.66. The molecule has 156 valence electrons. The number of hydrogen-bond donors (Lipinski definition) is 5. The number of anilines is 1. The van der Waals surface area contributed by atoms with Crippen molar-refractivity contribution in [3.8, 4) is 0 Å². The van der Waals surface area contributed by atoms with Gasteiger partial charge in [-0.2, -0.15) is 13.6 Å². The van der Waals surface area contributed by atoms with Gasteiger partial charge >= 0.3 is 29.2 Å². The summed E-state index contributed by atoms with van der Waals surface area (Å²) in [6, 6.07) is 1.30. The van der Waals surface area contributed by atoms with Crippen LogP contribution >= 0.6 is 23.5 Å². The number of hydrogen-bond acceptors (Lipinski definition) is 11. The third-order valence-corrected chi connectivity index (χ3v) is 6.15. The minimum atomic E-state index is -5.63. The molecule has 0 aliphatic carbocycles. The third kappa shape index (κ3) is 9.67. The molecule has 6 N–H and O–H groups in total. The Kier molecular flexibility index (Phi) is 8.44. The fourth-order valence-corrected chi connectivity index (χ4v) is 4.35. The van der Waals surface area contributed by atoms with E-state index < -0.39 is 48.8 Å². The van der Waals surface area contributed by atoms with Gasteiger partial charge in [-0.3, -0.25) is 9.09 Å². The Morgan fingerprint density at radius 3 is 2.33 bits per heavy atom. The van der Waals surface area contributed by atoms with Crippen LogP contribution in [0.1, 0.15) is 0 Å². The molecule has 0 saturated carbocycles. The minimum absolute atomic E-state index is 0.0211. The SMILES string of the molecule is COC(COP(=O)(O)OP(=O)(O)OP(=O)(O)O)OCn1ccc(N)nc1=O. The number of aromatic nitrogens is 2. The highest BCUT2D eigenvalue weighted by Crippen LogP contribution is 2.66. The van der Waals surface area contributed by atoms with Gasteiger partial charge in [0, 0.05) is 13.3 Å². The first kappa shape index (κ1) is 24.0. The lowest BCUT2D eigenvalue weighted by Gasteiger charge is -2.20. The Bertz CT molecular complexity index is 836. The molecule has 0 fully saturated rings. The molecule has 0 spiro atoms. The van der Waals surface area contributed by atoms with Gasteiger partial charge in [0.25, 0.3) is 0 Å². The van der Waals surface area contributed by atoms with Crippen molar-refractivity contribution in [3.63, 3.8) is 0 Å². The molecule has 1 heterocycles. The standard InChI is InChI=1S/C8H16N3O13P3/c1-20-7(21-5-11-3-2-6(9)10-8(11)12)4-22-26(16,17)24-27(18,19)23-25(13,14)15/h2-3,7H,4-5H2,1H3,(H,16,17)(H,18,19)(H2,9,10,12)(H2,13,14,15). The van der Waals surface area contributed by atoms with Crippen molar-refractivity contribution in [2.45, 2.75) is 13.0 Å². The Hall–Kier alpha value is -0.990. The zero-order valence-corrected chi connectivity index (χ0v) is 16.1. The van der Waals surface area contributed by atoms with Crippen LogP contribution in [0.15, 0.2) is 17.1 Å². The highest BCUT2D eigenvalue weighted by atomic mass is 31.3. The van der Waals surface area contributed by atoms with Crippen molar-refractivity contribution in [2.24, 2.45) is 0 Å². The number of rotatable bonds is 11. The lowest BCUT2D eigenvalue weighted by atomic mass is 10.6. The van der Waals surface area contributed by atoms with Crippen LogP contribution in [0.2, 0.25) is 0 Å². The quantitative estimate of drug-likeness (QED) is 0.201. The molecule has 1 aromatic rings. The van der Waals surface area contributed by atoms with Gasteiger partial charge < -0.3 is 34.8 Å². The van der Waals surface area contributed by atoms with Crippen LogP contribution < -0.4 is 11.4 Å². The number of nitrogen functional groups attached to an aromatic ring is 1. The molecule has 0 saturated heterocycles. The second-order valence-electron chi connectivity index (χ2n) is 4.45. The molecule has 3 unspecified atom stereocenters. The molecule has 27 heavy (non-hydrogen) atoms. The maximum Gasteiger partial charge on any atom is 0.490 e. The van der Waals surface area contributed by atoms with Gasteiger partial charge in [-0.1, -0.05) is 0 Å². The molecule has 1 aromatic heterocycles. The lowest BCUT2D eigenvalue weighted by Crippen LogP contribution is -2.29. The summed E-state index contributed by atoms with van der Waals surface area (Å²) in [7, 11) is -15.3. The van der Waals surface area contributed by atoms with Gasteiger partial charge in [0.1, 0.15) is 19.2 Å². The van der Waals surface area contributed by atoms with E-state index in [-0.39, 0.29) is 5.82 Å². The predicted octanol–water partition coefficient (Wildman–Crippen LogP) is -0.885. The molecule has 0 aliphatic heterocycles. The topological polar surface area (TPSA) is 239 Å². The smallest absolute Gasteiger partial charge is 0.383 e. The van der Waals surface area contributed by atoms with E-state index in [0.29, 0.717) is 0 Å². The van der Waals surface area contributed by atoms with Crippen LogP contribution in [0.4, 0.5) is 5.82 Å². The first-order chi connectivity index (χ1) is 12.2. The fraction of sp³-hybridized carbons (Fsp3) is 0.500. The van der Waals surface area contributed by atoms with Crippen molar-refractivity contribution in [3.05, 3.63) is 22.7 Å². The largest absolute Gasteiger partial charge is 0.490 e. The normalized spacial score (nSPS) is 17.8. The van der Waals surface area contributed by atoms with Crippen LogP contribution in [-0.2, 0) is 43.0 Å². The van der Waals surface area contributed by atoms with E-state index >= 15 is 0 Å². The van der Waals surface area contributed by atoms with Crippen molar-refractivity contribution < 1.29 is 55.9 Å². The van der Waals surface area contributed by atoms with E-state index in [2.05, 4.69) is 18.1 Å². The minimum Gasteiger partial charge on any atom is -0.383 e. The summed E-state index contributed by atoms with van der Waals surface area (Å²) in [5, 5.41) is 0. The van der Waals surface area contributed by atoms with E-state index in [4.69, 9.17) is 29.9 Å². The van der Waals surface area contributed by atoms with Gasteiger partial charge in [0.15, 0.2) is 6.29 Å². The zero-order chi connectivity index (χ0) is 20.9. The first-order valence-electron chi connectivity index (χ1n) is 6.49. The van der Waals surface area contributed by atoms with E-state index in [1.54, 1.807) is 0 Å². The van der Waals surface area contributed by atoms with Crippen molar-refractivity contribution in [1.82, 2.24) is 9.55 Å². The van der Waals surface area contributed by atoms with Crippen LogP contribution in [0.25, 0.3) is 0 Å².